The highest BCUT2D eigenvalue weighted by Crippen LogP contribution is 2.26. The van der Waals surface area contributed by atoms with E-state index in [0.717, 1.165) is 48.2 Å². The van der Waals surface area contributed by atoms with E-state index < -0.39 is 0 Å². The third-order valence-corrected chi connectivity index (χ3v) is 6.28. The van der Waals surface area contributed by atoms with E-state index in [9.17, 15) is 4.79 Å². The Bertz CT molecular complexity index is 1030. The molecule has 1 amide bonds. The van der Waals surface area contributed by atoms with Gasteiger partial charge in [-0.3, -0.25) is 9.58 Å². The molecule has 33 heavy (non-hydrogen) atoms. The summed E-state index contributed by atoms with van der Waals surface area (Å²) in [6.45, 7) is 5.33. The van der Waals surface area contributed by atoms with Crippen LogP contribution >= 0.6 is 15.9 Å². The summed E-state index contributed by atoms with van der Waals surface area (Å²) in [5.74, 6) is 1.18. The van der Waals surface area contributed by atoms with Gasteiger partial charge >= 0.3 is 6.09 Å². The van der Waals surface area contributed by atoms with Crippen LogP contribution in [0, 0.1) is 6.92 Å². The molecule has 2 aliphatic heterocycles. The number of aryl methyl sites for hydroxylation is 1. The van der Waals surface area contributed by atoms with Crippen molar-refractivity contribution in [2.24, 2.45) is 0 Å². The number of likely N-dealkylation sites (tertiary alicyclic amines) is 1. The summed E-state index contributed by atoms with van der Waals surface area (Å²) in [7, 11) is 2.16. The summed E-state index contributed by atoms with van der Waals surface area (Å²) in [5.41, 5.74) is 1.82. The predicted molar refractivity (Wildman–Crippen MR) is 130 cm³/mol. The second-order valence-electron chi connectivity index (χ2n) is 8.19. The van der Waals surface area contributed by atoms with Crippen LogP contribution in [0.2, 0.25) is 0 Å². The van der Waals surface area contributed by atoms with Crippen molar-refractivity contribution in [1.82, 2.24) is 29.5 Å². The molecule has 0 bridgehead atoms. The second-order valence-corrected chi connectivity index (χ2v) is 9.04. The van der Waals surface area contributed by atoms with Crippen LogP contribution in [0.5, 0.6) is 0 Å². The van der Waals surface area contributed by atoms with Gasteiger partial charge in [-0.2, -0.15) is 10.1 Å². The minimum absolute atomic E-state index is 0.383. The first kappa shape index (κ1) is 23.2. The molecule has 176 valence electrons. The van der Waals surface area contributed by atoms with Crippen molar-refractivity contribution in [3.05, 3.63) is 47.2 Å². The molecule has 4 heterocycles. The molecule has 0 unspecified atom stereocenters. The Hall–Kier alpha value is -2.92. The lowest BCUT2D eigenvalue weighted by Crippen LogP contribution is -2.31. The van der Waals surface area contributed by atoms with Crippen LogP contribution in [-0.2, 0) is 4.74 Å². The Morgan fingerprint density at radius 1 is 1.27 bits per heavy atom. The van der Waals surface area contributed by atoms with Crippen LogP contribution in [0.4, 0.5) is 22.2 Å². The predicted octanol–water partition coefficient (Wildman–Crippen LogP) is 4.04. The number of anilines is 3. The van der Waals surface area contributed by atoms with E-state index in [4.69, 9.17) is 9.84 Å². The standard InChI is InChI=1S/C22H29BrN8O2/c1-16-19(15-31(28-16)17-6-11-29(2)12-7-17)26-21-25-14-18(23)20(27-21)24-8-5-10-30-9-3-4-13-33-22(30)32/h3-4,9,13-15,17H,5-8,10-12H2,1-2H3,(H2,24,25,26,27). The van der Waals surface area contributed by atoms with Crippen LogP contribution in [0.15, 0.2) is 41.5 Å². The molecule has 0 spiro atoms. The van der Waals surface area contributed by atoms with E-state index in [1.54, 1.807) is 24.5 Å². The first-order valence-electron chi connectivity index (χ1n) is 11.1. The molecule has 11 heteroatoms. The number of carbonyl (C=O) groups excluding carboxylic acids is 1. The van der Waals surface area contributed by atoms with Gasteiger partial charge < -0.3 is 20.3 Å². The van der Waals surface area contributed by atoms with Crippen LogP contribution in [0.25, 0.3) is 0 Å². The molecule has 4 rings (SSSR count). The summed E-state index contributed by atoms with van der Waals surface area (Å²) >= 11 is 3.50. The van der Waals surface area contributed by atoms with E-state index in [1.165, 1.54) is 11.2 Å². The van der Waals surface area contributed by atoms with Gasteiger partial charge in [-0.15, -0.1) is 0 Å². The average Bonchev–Trinajstić information content (AvgIpc) is 3.03. The van der Waals surface area contributed by atoms with Crippen LogP contribution in [-0.4, -0.2) is 68.9 Å². The number of aromatic nitrogens is 4. The maximum Gasteiger partial charge on any atom is 0.418 e. The number of amides is 1. The Morgan fingerprint density at radius 3 is 2.91 bits per heavy atom. The lowest BCUT2D eigenvalue weighted by Gasteiger charge is -2.28. The van der Waals surface area contributed by atoms with Gasteiger partial charge in [0, 0.05) is 31.7 Å². The van der Waals surface area contributed by atoms with Crippen LogP contribution in [0.3, 0.4) is 0 Å². The Kier molecular flexibility index (Phi) is 7.61. The van der Waals surface area contributed by atoms with Crippen molar-refractivity contribution >= 4 is 39.5 Å². The molecule has 0 radical (unpaired) electrons. The molecule has 1 saturated heterocycles. The first-order valence-corrected chi connectivity index (χ1v) is 11.9. The monoisotopic (exact) mass is 516 g/mol. The molecule has 2 aliphatic rings. The van der Waals surface area contributed by atoms with Crippen molar-refractivity contribution in [3.63, 3.8) is 0 Å². The molecule has 2 aromatic rings. The van der Waals surface area contributed by atoms with E-state index in [1.807, 2.05) is 13.1 Å². The third kappa shape index (κ3) is 6.11. The third-order valence-electron chi connectivity index (χ3n) is 5.70. The molecule has 0 atom stereocenters. The highest BCUT2D eigenvalue weighted by Gasteiger charge is 2.20. The summed E-state index contributed by atoms with van der Waals surface area (Å²) in [4.78, 5) is 24.7. The smallest absolute Gasteiger partial charge is 0.418 e. The summed E-state index contributed by atoms with van der Waals surface area (Å²) < 4.78 is 7.79. The zero-order valence-electron chi connectivity index (χ0n) is 18.9. The van der Waals surface area contributed by atoms with Crippen molar-refractivity contribution in [2.45, 2.75) is 32.2 Å². The first-order chi connectivity index (χ1) is 16.0. The highest BCUT2D eigenvalue weighted by molar-refractivity contribution is 9.10. The summed E-state index contributed by atoms with van der Waals surface area (Å²) in [6, 6.07) is 0.422. The highest BCUT2D eigenvalue weighted by atomic mass is 79.9. The maximum absolute atomic E-state index is 11.8. The number of ether oxygens (including phenoxy) is 1. The van der Waals surface area contributed by atoms with E-state index in [-0.39, 0.29) is 6.09 Å². The molecule has 10 nitrogen and oxygen atoms in total. The number of nitrogens with zero attached hydrogens (tertiary/aromatic N) is 6. The Balaban J connectivity index is 1.33. The summed E-state index contributed by atoms with van der Waals surface area (Å²) in [5, 5.41) is 11.3. The van der Waals surface area contributed by atoms with Crippen molar-refractivity contribution in [2.75, 3.05) is 43.9 Å². The number of cyclic esters (lactones) is 1. The number of piperidine rings is 1. The topological polar surface area (TPSA) is 100 Å². The Morgan fingerprint density at radius 2 is 2.09 bits per heavy atom. The number of hydrogen-bond donors (Lipinski definition) is 2. The lowest BCUT2D eigenvalue weighted by molar-refractivity contribution is 0.155. The number of allylic oxidation sites excluding steroid dienone is 2. The van der Waals surface area contributed by atoms with Crippen LogP contribution in [0.1, 0.15) is 31.0 Å². The van der Waals surface area contributed by atoms with Gasteiger partial charge in [0.05, 0.1) is 28.2 Å². The largest absolute Gasteiger partial charge is 0.418 e. The Labute approximate surface area is 201 Å². The minimum Gasteiger partial charge on any atom is -0.418 e. The van der Waals surface area contributed by atoms with Gasteiger partial charge in [0.1, 0.15) is 5.82 Å². The molecule has 0 aromatic carbocycles. The molecule has 2 N–H and O–H groups in total. The molecular weight excluding hydrogens is 488 g/mol. The summed E-state index contributed by atoms with van der Waals surface area (Å²) in [6.07, 6.45) is 12.8. The fraction of sp³-hybridized carbons (Fsp3) is 0.455. The average molecular weight is 517 g/mol. The van der Waals surface area contributed by atoms with Gasteiger partial charge in [-0.05, 0) is 74.4 Å². The van der Waals surface area contributed by atoms with Gasteiger partial charge in [-0.25, -0.2) is 9.78 Å². The number of nitrogens with one attached hydrogen (secondary N) is 2. The van der Waals surface area contributed by atoms with Gasteiger partial charge in [-0.1, -0.05) is 0 Å². The molecule has 0 aliphatic carbocycles. The number of halogens is 1. The zero-order chi connectivity index (χ0) is 23.2. The molecule has 1 fully saturated rings. The SMILES string of the molecule is Cc1nn(C2CCN(C)CC2)cc1Nc1ncc(Br)c(NCCCN2C=CC=COC2=O)n1. The van der Waals surface area contributed by atoms with Gasteiger partial charge in [0.15, 0.2) is 0 Å². The van der Waals surface area contributed by atoms with E-state index >= 15 is 0 Å². The number of carbonyl (C=O) groups is 1. The number of rotatable bonds is 8. The van der Waals surface area contributed by atoms with Crippen molar-refractivity contribution < 1.29 is 9.53 Å². The van der Waals surface area contributed by atoms with Crippen LogP contribution < -0.4 is 10.6 Å². The maximum atomic E-state index is 11.8. The molecule has 2 aromatic heterocycles. The van der Waals surface area contributed by atoms with Crippen molar-refractivity contribution in [3.8, 4) is 0 Å². The van der Waals surface area contributed by atoms with Crippen molar-refractivity contribution in [1.29, 1.82) is 0 Å². The molecular formula is C22H29BrN8O2. The fourth-order valence-electron chi connectivity index (χ4n) is 3.77. The van der Waals surface area contributed by atoms with E-state index in [0.29, 0.717) is 30.9 Å². The minimum atomic E-state index is -0.383. The van der Waals surface area contributed by atoms with Gasteiger partial charge in [0.2, 0.25) is 5.95 Å². The number of hydrogen-bond acceptors (Lipinski definition) is 8. The normalized spacial score (nSPS) is 17.2. The lowest BCUT2D eigenvalue weighted by atomic mass is 10.1. The van der Waals surface area contributed by atoms with Gasteiger partial charge in [0.25, 0.3) is 0 Å². The second kappa shape index (κ2) is 10.8. The quantitative estimate of drug-likeness (QED) is 0.507. The molecule has 0 saturated carbocycles. The van der Waals surface area contributed by atoms with E-state index in [2.05, 4.69) is 53.2 Å². The zero-order valence-corrected chi connectivity index (χ0v) is 20.5. The fourth-order valence-corrected chi connectivity index (χ4v) is 4.10.